The highest BCUT2D eigenvalue weighted by molar-refractivity contribution is 5.94. The largest absolute Gasteiger partial charge is 0.350 e. The Morgan fingerprint density at radius 3 is 2.48 bits per heavy atom. The van der Waals surface area contributed by atoms with Crippen molar-refractivity contribution in [2.75, 3.05) is 57.3 Å². The third-order valence-electron chi connectivity index (χ3n) is 7.25. The van der Waals surface area contributed by atoms with Gasteiger partial charge >= 0.3 is 0 Å². The van der Waals surface area contributed by atoms with Crippen LogP contribution in [0.5, 0.6) is 0 Å². The van der Waals surface area contributed by atoms with Crippen LogP contribution in [0.2, 0.25) is 0 Å². The molecule has 1 aromatic carbocycles. The number of piperidine rings is 3. The van der Waals surface area contributed by atoms with E-state index in [1.165, 1.54) is 32.5 Å². The third kappa shape index (κ3) is 4.72. The summed E-state index contributed by atoms with van der Waals surface area (Å²) in [6.45, 7) is 8.44. The lowest BCUT2D eigenvalue weighted by Gasteiger charge is -2.51. The van der Waals surface area contributed by atoms with Crippen LogP contribution in [0.25, 0.3) is 0 Å². The molecule has 4 saturated heterocycles. The quantitative estimate of drug-likeness (QED) is 0.768. The van der Waals surface area contributed by atoms with E-state index in [0.29, 0.717) is 6.04 Å². The van der Waals surface area contributed by atoms with Gasteiger partial charge in [0.2, 0.25) is 5.95 Å². The molecule has 7 heteroatoms. The minimum Gasteiger partial charge on any atom is -0.350 e. The van der Waals surface area contributed by atoms with Crippen LogP contribution < -0.4 is 10.2 Å². The molecular formula is C24H32N6O. The van der Waals surface area contributed by atoms with Crippen LogP contribution in [-0.4, -0.2) is 84.1 Å². The van der Waals surface area contributed by atoms with E-state index in [4.69, 9.17) is 0 Å². The topological polar surface area (TPSA) is 64.6 Å². The van der Waals surface area contributed by atoms with E-state index in [9.17, 15) is 4.79 Å². The molecule has 0 radical (unpaired) electrons. The number of hydrogen-bond acceptors (Lipinski definition) is 6. The number of nitrogens with one attached hydrogen (secondary N) is 1. The zero-order valence-corrected chi connectivity index (χ0v) is 18.1. The number of amides is 1. The smallest absolute Gasteiger partial charge is 0.251 e. The molecule has 2 aromatic rings. The average molecular weight is 421 g/mol. The number of hydrogen-bond donors (Lipinski definition) is 1. The lowest BCUT2D eigenvalue weighted by molar-refractivity contribution is -0.0120. The zero-order valence-electron chi connectivity index (χ0n) is 18.1. The lowest BCUT2D eigenvalue weighted by atomic mass is 9.75. The van der Waals surface area contributed by atoms with Gasteiger partial charge in [-0.1, -0.05) is 18.2 Å². The van der Waals surface area contributed by atoms with Crippen molar-refractivity contribution >= 4 is 11.9 Å². The molecule has 1 amide bonds. The molecule has 5 heterocycles. The summed E-state index contributed by atoms with van der Waals surface area (Å²) in [4.78, 5) is 28.7. The second kappa shape index (κ2) is 9.32. The van der Waals surface area contributed by atoms with Gasteiger partial charge in [0.15, 0.2) is 0 Å². The summed E-state index contributed by atoms with van der Waals surface area (Å²) in [5, 5.41) is 3.16. The van der Waals surface area contributed by atoms with Crippen LogP contribution in [-0.2, 0) is 0 Å². The van der Waals surface area contributed by atoms with Gasteiger partial charge in [0.25, 0.3) is 5.91 Å². The first kappa shape index (κ1) is 20.4. The van der Waals surface area contributed by atoms with Crippen molar-refractivity contribution in [3.8, 4) is 0 Å². The molecule has 31 heavy (non-hydrogen) atoms. The van der Waals surface area contributed by atoms with E-state index in [-0.39, 0.29) is 5.91 Å². The van der Waals surface area contributed by atoms with Crippen molar-refractivity contribution < 1.29 is 4.79 Å². The third-order valence-corrected chi connectivity index (χ3v) is 7.25. The number of aromatic nitrogens is 2. The van der Waals surface area contributed by atoms with Gasteiger partial charge < -0.3 is 10.2 Å². The van der Waals surface area contributed by atoms with Gasteiger partial charge in [-0.15, -0.1) is 0 Å². The molecule has 4 fully saturated rings. The summed E-state index contributed by atoms with van der Waals surface area (Å²) in [6.07, 6.45) is 6.14. The van der Waals surface area contributed by atoms with Crippen LogP contribution >= 0.6 is 0 Å². The molecule has 4 atom stereocenters. The Balaban J connectivity index is 1.09. The molecular weight excluding hydrogens is 388 g/mol. The van der Waals surface area contributed by atoms with Gasteiger partial charge in [-0.2, -0.15) is 0 Å². The normalized spacial score (nSPS) is 28.5. The van der Waals surface area contributed by atoms with Gasteiger partial charge in [-0.25, -0.2) is 9.97 Å². The highest BCUT2D eigenvalue weighted by Crippen LogP contribution is 2.36. The Bertz CT molecular complexity index is 855. The van der Waals surface area contributed by atoms with Gasteiger partial charge in [-0.05, 0) is 49.4 Å². The van der Waals surface area contributed by atoms with Gasteiger partial charge in [0.05, 0.1) is 0 Å². The maximum absolute atomic E-state index is 12.4. The predicted molar refractivity (Wildman–Crippen MR) is 121 cm³/mol. The standard InChI is InChI=1S/C24H32N6O/c31-23(19-5-2-1-3-6-19)27-16-22-15-20-7-10-30(22)18-21(20)17-28-11-13-29(14-12-28)24-25-8-4-9-26-24/h1-6,8-9,20-22H,7,10-18H2,(H,27,31). The Morgan fingerprint density at radius 2 is 1.77 bits per heavy atom. The summed E-state index contributed by atoms with van der Waals surface area (Å²) in [5.41, 5.74) is 0.747. The highest BCUT2D eigenvalue weighted by atomic mass is 16.1. The number of fused-ring (bicyclic) bond motifs is 3. The Morgan fingerprint density at radius 1 is 1.00 bits per heavy atom. The number of piperazine rings is 1. The lowest BCUT2D eigenvalue weighted by Crippen LogP contribution is -2.59. The molecule has 4 unspecified atom stereocenters. The zero-order chi connectivity index (χ0) is 21.0. The first-order valence-electron chi connectivity index (χ1n) is 11.6. The van der Waals surface area contributed by atoms with E-state index in [2.05, 4.69) is 30.0 Å². The summed E-state index contributed by atoms with van der Waals surface area (Å²) in [6, 6.07) is 11.9. The van der Waals surface area contributed by atoms with Crippen molar-refractivity contribution in [2.45, 2.75) is 18.9 Å². The number of rotatable bonds is 6. The Hall–Kier alpha value is -2.51. The van der Waals surface area contributed by atoms with E-state index >= 15 is 0 Å². The van der Waals surface area contributed by atoms with Crippen molar-refractivity contribution in [3.63, 3.8) is 0 Å². The Kier molecular flexibility index (Phi) is 6.13. The second-order valence-electron chi connectivity index (χ2n) is 9.11. The summed E-state index contributed by atoms with van der Waals surface area (Å²) < 4.78 is 0. The monoisotopic (exact) mass is 420 g/mol. The molecule has 2 bridgehead atoms. The van der Waals surface area contributed by atoms with Gasteiger partial charge in [0.1, 0.15) is 0 Å². The minimum atomic E-state index is 0.0417. The molecule has 7 nitrogen and oxygen atoms in total. The van der Waals surface area contributed by atoms with Crippen LogP contribution in [0.15, 0.2) is 48.8 Å². The predicted octanol–water partition coefficient (Wildman–Crippen LogP) is 1.74. The van der Waals surface area contributed by atoms with Gasteiger partial charge in [0, 0.05) is 69.8 Å². The molecule has 1 N–H and O–H groups in total. The van der Waals surface area contributed by atoms with Crippen molar-refractivity contribution in [1.82, 2.24) is 25.1 Å². The van der Waals surface area contributed by atoms with Gasteiger partial charge in [-0.3, -0.25) is 14.6 Å². The first-order chi connectivity index (χ1) is 15.3. The molecule has 1 aromatic heterocycles. The molecule has 4 aliphatic heterocycles. The highest BCUT2D eigenvalue weighted by Gasteiger charge is 2.40. The van der Waals surface area contributed by atoms with Crippen molar-refractivity contribution in [3.05, 3.63) is 54.4 Å². The maximum atomic E-state index is 12.4. The number of carbonyl (C=O) groups is 1. The van der Waals surface area contributed by atoms with E-state index in [1.54, 1.807) is 0 Å². The summed E-state index contributed by atoms with van der Waals surface area (Å²) in [7, 11) is 0. The van der Waals surface area contributed by atoms with Crippen LogP contribution in [0, 0.1) is 11.8 Å². The molecule has 164 valence electrons. The second-order valence-corrected chi connectivity index (χ2v) is 9.11. The number of anilines is 1. The van der Waals surface area contributed by atoms with Crippen molar-refractivity contribution in [2.24, 2.45) is 11.8 Å². The molecule has 6 rings (SSSR count). The fourth-order valence-corrected chi connectivity index (χ4v) is 5.49. The average Bonchev–Trinajstić information content (AvgIpc) is 2.85. The summed E-state index contributed by atoms with van der Waals surface area (Å²) >= 11 is 0. The van der Waals surface area contributed by atoms with E-state index < -0.39 is 0 Å². The van der Waals surface area contributed by atoms with Crippen LogP contribution in [0.1, 0.15) is 23.2 Å². The number of nitrogens with zero attached hydrogens (tertiary/aromatic N) is 5. The first-order valence-corrected chi connectivity index (χ1v) is 11.6. The Labute approximate surface area is 184 Å². The van der Waals surface area contributed by atoms with E-state index in [0.717, 1.165) is 56.1 Å². The van der Waals surface area contributed by atoms with E-state index in [1.807, 2.05) is 48.8 Å². The van der Waals surface area contributed by atoms with Crippen LogP contribution in [0.3, 0.4) is 0 Å². The molecule has 0 aliphatic carbocycles. The fourth-order valence-electron chi connectivity index (χ4n) is 5.49. The molecule has 0 spiro atoms. The SMILES string of the molecule is O=C(NCC1CC2CCN1CC2CN1CCN(c2ncccn2)CC1)c1ccccc1. The maximum Gasteiger partial charge on any atom is 0.251 e. The number of carbonyl (C=O) groups excluding carboxylic acids is 1. The fraction of sp³-hybridized carbons (Fsp3) is 0.542. The minimum absolute atomic E-state index is 0.0417. The number of benzene rings is 1. The summed E-state index contributed by atoms with van der Waals surface area (Å²) in [5.74, 6) is 2.42. The molecule has 0 saturated carbocycles. The van der Waals surface area contributed by atoms with Crippen LogP contribution in [0.4, 0.5) is 5.95 Å². The van der Waals surface area contributed by atoms with Crippen molar-refractivity contribution in [1.29, 1.82) is 0 Å². The molecule has 4 aliphatic rings.